The number of halogens is 1. The summed E-state index contributed by atoms with van der Waals surface area (Å²) >= 11 is 0. The van der Waals surface area contributed by atoms with Gasteiger partial charge >= 0.3 is 5.97 Å². The zero-order valence-electron chi connectivity index (χ0n) is 14.9. The zero-order valence-corrected chi connectivity index (χ0v) is 17.3. The van der Waals surface area contributed by atoms with Crippen molar-refractivity contribution in [1.29, 1.82) is 0 Å². The second kappa shape index (κ2) is 14.1. The molecule has 0 heterocycles. The first-order valence-electron chi connectivity index (χ1n) is 8.31. The smallest absolute Gasteiger partial charge is 0.305 e. The van der Waals surface area contributed by atoms with Crippen molar-refractivity contribution in [1.82, 2.24) is 10.6 Å². The number of rotatable bonds is 9. The van der Waals surface area contributed by atoms with E-state index in [4.69, 9.17) is 0 Å². The summed E-state index contributed by atoms with van der Waals surface area (Å²) in [6, 6.07) is 8.29. The van der Waals surface area contributed by atoms with Gasteiger partial charge in [0.05, 0.1) is 13.7 Å². The Morgan fingerprint density at radius 3 is 2.58 bits per heavy atom. The van der Waals surface area contributed by atoms with Crippen molar-refractivity contribution in [3.8, 4) is 0 Å². The van der Waals surface area contributed by atoms with Crippen molar-refractivity contribution in [2.45, 2.75) is 46.1 Å². The summed E-state index contributed by atoms with van der Waals surface area (Å²) in [7, 11) is 1.43. The zero-order chi connectivity index (χ0) is 16.9. The molecule has 0 aliphatic carbocycles. The van der Waals surface area contributed by atoms with Crippen LogP contribution in [0.15, 0.2) is 29.3 Å². The topological polar surface area (TPSA) is 62.7 Å². The van der Waals surface area contributed by atoms with E-state index in [1.54, 1.807) is 0 Å². The SMILES string of the molecule is CCNC(=NCc1ccccc1C)NCCCCCC(=O)OC.I. The lowest BCUT2D eigenvalue weighted by Crippen LogP contribution is -2.37. The molecule has 0 radical (unpaired) electrons. The highest BCUT2D eigenvalue weighted by Gasteiger charge is 2.01. The van der Waals surface area contributed by atoms with Gasteiger partial charge in [-0.15, -0.1) is 24.0 Å². The van der Waals surface area contributed by atoms with Crippen molar-refractivity contribution in [2.24, 2.45) is 4.99 Å². The predicted octanol–water partition coefficient (Wildman–Crippen LogP) is 3.40. The van der Waals surface area contributed by atoms with Crippen LogP contribution in [0, 0.1) is 6.92 Å². The predicted molar refractivity (Wildman–Crippen MR) is 110 cm³/mol. The summed E-state index contributed by atoms with van der Waals surface area (Å²) in [5.74, 6) is 0.704. The molecular formula is C18H30IN3O2. The third kappa shape index (κ3) is 9.75. The van der Waals surface area contributed by atoms with Crippen LogP contribution >= 0.6 is 24.0 Å². The Morgan fingerprint density at radius 1 is 1.17 bits per heavy atom. The summed E-state index contributed by atoms with van der Waals surface area (Å²) < 4.78 is 4.63. The van der Waals surface area contributed by atoms with E-state index >= 15 is 0 Å². The number of unbranched alkanes of at least 4 members (excludes halogenated alkanes) is 2. The molecule has 1 aromatic carbocycles. The van der Waals surface area contributed by atoms with E-state index in [0.717, 1.165) is 38.3 Å². The second-order valence-corrected chi connectivity index (χ2v) is 5.44. The molecule has 0 aliphatic rings. The second-order valence-electron chi connectivity index (χ2n) is 5.44. The number of guanidine groups is 1. The van der Waals surface area contributed by atoms with E-state index in [1.807, 2.05) is 12.1 Å². The normalized spacial score (nSPS) is 10.7. The standard InChI is InChI=1S/C18H29N3O2.HI/c1-4-19-18(20-13-9-5-6-12-17(22)23-3)21-14-16-11-8-7-10-15(16)2;/h7-8,10-11H,4-6,9,12-14H2,1-3H3,(H2,19,20,21);1H. The minimum absolute atomic E-state index is 0. The van der Waals surface area contributed by atoms with Crippen LogP contribution in [0.3, 0.4) is 0 Å². The van der Waals surface area contributed by atoms with Crippen molar-refractivity contribution in [2.75, 3.05) is 20.2 Å². The van der Waals surface area contributed by atoms with Crippen LogP contribution in [0.5, 0.6) is 0 Å². The minimum atomic E-state index is -0.133. The van der Waals surface area contributed by atoms with Crippen LogP contribution in [0.25, 0.3) is 0 Å². The average molecular weight is 447 g/mol. The molecule has 0 bridgehead atoms. The Balaban J connectivity index is 0.00000529. The van der Waals surface area contributed by atoms with Crippen molar-refractivity contribution >= 4 is 35.9 Å². The molecule has 0 amide bonds. The van der Waals surface area contributed by atoms with Gasteiger partial charge in [0.25, 0.3) is 0 Å². The molecule has 0 fully saturated rings. The number of carbonyl (C=O) groups excluding carboxylic acids is 1. The first-order valence-corrected chi connectivity index (χ1v) is 8.31. The number of aryl methyl sites for hydroxylation is 1. The molecule has 0 aliphatic heterocycles. The van der Waals surface area contributed by atoms with Gasteiger partial charge in [0.15, 0.2) is 5.96 Å². The van der Waals surface area contributed by atoms with Gasteiger partial charge < -0.3 is 15.4 Å². The van der Waals surface area contributed by atoms with E-state index in [1.165, 1.54) is 18.2 Å². The molecule has 6 heteroatoms. The summed E-state index contributed by atoms with van der Waals surface area (Å²) in [5, 5.41) is 6.59. The molecule has 0 saturated heterocycles. The molecule has 0 atom stereocenters. The van der Waals surface area contributed by atoms with Crippen LogP contribution < -0.4 is 10.6 Å². The van der Waals surface area contributed by atoms with Gasteiger partial charge in [0, 0.05) is 19.5 Å². The molecule has 0 aromatic heterocycles. The van der Waals surface area contributed by atoms with E-state index in [9.17, 15) is 4.79 Å². The third-order valence-corrected chi connectivity index (χ3v) is 3.59. The third-order valence-electron chi connectivity index (χ3n) is 3.59. The summed E-state index contributed by atoms with van der Waals surface area (Å²) in [4.78, 5) is 15.6. The van der Waals surface area contributed by atoms with Crippen LogP contribution in [0.2, 0.25) is 0 Å². The lowest BCUT2D eigenvalue weighted by Gasteiger charge is -2.11. The quantitative estimate of drug-likeness (QED) is 0.200. The number of ether oxygens (including phenoxy) is 1. The summed E-state index contributed by atoms with van der Waals surface area (Å²) in [6.07, 6.45) is 3.37. The number of benzene rings is 1. The van der Waals surface area contributed by atoms with Gasteiger partial charge in [0.2, 0.25) is 0 Å². The number of nitrogens with zero attached hydrogens (tertiary/aromatic N) is 1. The molecule has 1 rings (SSSR count). The lowest BCUT2D eigenvalue weighted by molar-refractivity contribution is -0.140. The maximum Gasteiger partial charge on any atom is 0.305 e. The van der Waals surface area contributed by atoms with Crippen molar-refractivity contribution in [3.05, 3.63) is 35.4 Å². The fraction of sp³-hybridized carbons (Fsp3) is 0.556. The summed E-state index contributed by atoms with van der Waals surface area (Å²) in [5.41, 5.74) is 2.50. The summed E-state index contributed by atoms with van der Waals surface area (Å²) in [6.45, 7) is 6.51. The molecular weight excluding hydrogens is 417 g/mol. The first-order chi connectivity index (χ1) is 11.2. The number of hydrogen-bond acceptors (Lipinski definition) is 3. The Bertz CT molecular complexity index is 507. The molecule has 24 heavy (non-hydrogen) atoms. The fourth-order valence-electron chi connectivity index (χ4n) is 2.17. The average Bonchev–Trinajstić information content (AvgIpc) is 2.56. The molecule has 0 saturated carbocycles. The van der Waals surface area contributed by atoms with Crippen LogP contribution in [0.4, 0.5) is 0 Å². The number of nitrogens with one attached hydrogen (secondary N) is 2. The number of aliphatic imine (C=N–C) groups is 1. The Labute approximate surface area is 162 Å². The maximum atomic E-state index is 11.0. The van der Waals surface area contributed by atoms with Gasteiger partial charge in [0.1, 0.15) is 0 Å². The monoisotopic (exact) mass is 447 g/mol. The van der Waals surface area contributed by atoms with Crippen LogP contribution in [0.1, 0.15) is 43.7 Å². The maximum absolute atomic E-state index is 11.0. The largest absolute Gasteiger partial charge is 0.469 e. The van der Waals surface area contributed by atoms with Crippen molar-refractivity contribution in [3.63, 3.8) is 0 Å². The van der Waals surface area contributed by atoms with E-state index < -0.39 is 0 Å². The highest BCUT2D eigenvalue weighted by atomic mass is 127. The highest BCUT2D eigenvalue weighted by molar-refractivity contribution is 14.0. The molecule has 5 nitrogen and oxygen atoms in total. The van der Waals surface area contributed by atoms with E-state index in [0.29, 0.717) is 13.0 Å². The molecule has 0 spiro atoms. The first kappa shape index (κ1) is 22.7. The highest BCUT2D eigenvalue weighted by Crippen LogP contribution is 2.08. The van der Waals surface area contributed by atoms with Gasteiger partial charge in [-0.2, -0.15) is 0 Å². The lowest BCUT2D eigenvalue weighted by atomic mass is 10.1. The van der Waals surface area contributed by atoms with Crippen LogP contribution in [-0.4, -0.2) is 32.1 Å². The fourth-order valence-corrected chi connectivity index (χ4v) is 2.17. The Kier molecular flexibility index (Phi) is 13.3. The number of esters is 1. The molecule has 2 N–H and O–H groups in total. The van der Waals surface area contributed by atoms with E-state index in [-0.39, 0.29) is 29.9 Å². The van der Waals surface area contributed by atoms with Gasteiger partial charge in [-0.05, 0) is 37.8 Å². The molecule has 1 aromatic rings. The number of hydrogen-bond donors (Lipinski definition) is 2. The van der Waals surface area contributed by atoms with Gasteiger partial charge in [-0.25, -0.2) is 4.99 Å². The minimum Gasteiger partial charge on any atom is -0.469 e. The van der Waals surface area contributed by atoms with Crippen molar-refractivity contribution < 1.29 is 9.53 Å². The molecule has 136 valence electrons. The van der Waals surface area contributed by atoms with Gasteiger partial charge in [-0.3, -0.25) is 4.79 Å². The Morgan fingerprint density at radius 2 is 1.92 bits per heavy atom. The Hall–Kier alpha value is -1.31. The van der Waals surface area contributed by atoms with E-state index in [2.05, 4.69) is 46.3 Å². The van der Waals surface area contributed by atoms with Gasteiger partial charge in [-0.1, -0.05) is 30.7 Å². The number of methoxy groups -OCH3 is 1. The molecule has 0 unspecified atom stereocenters. The van der Waals surface area contributed by atoms with Crippen LogP contribution in [-0.2, 0) is 16.1 Å². The number of carbonyl (C=O) groups is 1.